The zero-order valence-corrected chi connectivity index (χ0v) is 14.9. The molecule has 0 spiro atoms. The molecule has 3 rings (SSSR count). The van der Waals surface area contributed by atoms with E-state index < -0.39 is 0 Å². The Morgan fingerprint density at radius 2 is 1.80 bits per heavy atom. The first-order chi connectivity index (χ1) is 12.3. The quantitative estimate of drug-likeness (QED) is 0.672. The lowest BCUT2D eigenvalue weighted by atomic mass is 10.1. The first kappa shape index (κ1) is 17.1. The van der Waals surface area contributed by atoms with Crippen LogP contribution < -0.4 is 14.8 Å². The average molecular weight is 339 g/mol. The van der Waals surface area contributed by atoms with E-state index in [-0.39, 0.29) is 0 Å². The molecule has 0 amide bonds. The summed E-state index contributed by atoms with van der Waals surface area (Å²) in [6, 6.07) is 16.5. The van der Waals surface area contributed by atoms with E-state index in [2.05, 4.69) is 51.6 Å². The molecule has 1 N–H and O–H groups in total. The van der Waals surface area contributed by atoms with E-state index >= 15 is 0 Å². The molecule has 1 heterocycles. The summed E-state index contributed by atoms with van der Waals surface area (Å²) < 4.78 is 11.2. The minimum atomic E-state index is 0.617. The van der Waals surface area contributed by atoms with Crippen LogP contribution in [0.2, 0.25) is 0 Å². The zero-order chi connectivity index (χ0) is 17.5. The number of rotatable bonds is 5. The van der Waals surface area contributed by atoms with E-state index in [1.54, 1.807) is 0 Å². The van der Waals surface area contributed by atoms with E-state index in [0.717, 1.165) is 37.0 Å². The number of aliphatic imine (C=N–C) groups is 1. The molecule has 0 atom stereocenters. The van der Waals surface area contributed by atoms with Gasteiger partial charge in [-0.3, -0.25) is 4.99 Å². The number of guanidine groups is 1. The summed E-state index contributed by atoms with van der Waals surface area (Å²) in [7, 11) is 3.86. The first-order valence-corrected chi connectivity index (χ1v) is 8.60. The van der Waals surface area contributed by atoms with Crippen molar-refractivity contribution in [1.82, 2.24) is 10.2 Å². The minimum absolute atomic E-state index is 0.617. The Hall–Kier alpha value is -2.69. The van der Waals surface area contributed by atoms with Gasteiger partial charge in [-0.25, -0.2) is 0 Å². The third-order valence-corrected chi connectivity index (χ3v) is 4.14. The van der Waals surface area contributed by atoms with Gasteiger partial charge in [0.15, 0.2) is 17.5 Å². The standard InChI is InChI=1S/C20H25N3O2/c1-21-20(23(2)15-17-6-4-3-5-7-17)22-11-10-16-8-9-18-19(14-16)25-13-12-24-18/h3-9,14H,10-13,15H2,1-2H3,(H,21,22). The Morgan fingerprint density at radius 3 is 2.56 bits per heavy atom. The number of hydrogen-bond donors (Lipinski definition) is 1. The second-order valence-corrected chi connectivity index (χ2v) is 6.04. The molecule has 0 saturated heterocycles. The van der Waals surface area contributed by atoms with Gasteiger partial charge in [-0.15, -0.1) is 0 Å². The van der Waals surface area contributed by atoms with Gasteiger partial charge in [0.25, 0.3) is 0 Å². The molecule has 0 saturated carbocycles. The molecular weight excluding hydrogens is 314 g/mol. The third kappa shape index (κ3) is 4.66. The van der Waals surface area contributed by atoms with Crippen LogP contribution in [0.5, 0.6) is 11.5 Å². The number of fused-ring (bicyclic) bond motifs is 1. The van der Waals surface area contributed by atoms with Crippen molar-refractivity contribution >= 4 is 5.96 Å². The van der Waals surface area contributed by atoms with Gasteiger partial charge in [0, 0.05) is 27.2 Å². The molecule has 0 aliphatic carbocycles. The highest BCUT2D eigenvalue weighted by Crippen LogP contribution is 2.30. The van der Waals surface area contributed by atoms with E-state index in [0.29, 0.717) is 13.2 Å². The van der Waals surface area contributed by atoms with Crippen LogP contribution in [0.15, 0.2) is 53.5 Å². The highest BCUT2D eigenvalue weighted by molar-refractivity contribution is 5.79. The molecule has 5 heteroatoms. The Bertz CT molecular complexity index is 716. The van der Waals surface area contributed by atoms with Crippen molar-refractivity contribution in [3.05, 3.63) is 59.7 Å². The molecule has 1 aliphatic rings. The topological polar surface area (TPSA) is 46.1 Å². The number of nitrogens with zero attached hydrogens (tertiary/aromatic N) is 2. The predicted molar refractivity (Wildman–Crippen MR) is 100 cm³/mol. The average Bonchev–Trinajstić information content (AvgIpc) is 2.66. The number of hydrogen-bond acceptors (Lipinski definition) is 3. The summed E-state index contributed by atoms with van der Waals surface area (Å²) in [6.45, 7) is 2.87. The minimum Gasteiger partial charge on any atom is -0.486 e. The molecule has 2 aromatic carbocycles. The molecule has 0 radical (unpaired) electrons. The van der Waals surface area contributed by atoms with Crippen LogP contribution in [0.4, 0.5) is 0 Å². The first-order valence-electron chi connectivity index (χ1n) is 8.60. The van der Waals surface area contributed by atoms with Crippen LogP contribution in [-0.4, -0.2) is 44.7 Å². The van der Waals surface area contributed by atoms with Gasteiger partial charge >= 0.3 is 0 Å². The summed E-state index contributed by atoms with van der Waals surface area (Å²) in [5.74, 6) is 2.57. The smallest absolute Gasteiger partial charge is 0.193 e. The molecular formula is C20H25N3O2. The fraction of sp³-hybridized carbons (Fsp3) is 0.350. The molecule has 1 aliphatic heterocycles. The molecule has 5 nitrogen and oxygen atoms in total. The van der Waals surface area contributed by atoms with Gasteiger partial charge in [0.1, 0.15) is 13.2 Å². The van der Waals surface area contributed by atoms with E-state index in [1.807, 2.05) is 26.2 Å². The Kier molecular flexibility index (Phi) is 5.77. The van der Waals surface area contributed by atoms with E-state index in [9.17, 15) is 0 Å². The number of ether oxygens (including phenoxy) is 2. The predicted octanol–water partition coefficient (Wildman–Crippen LogP) is 2.71. The SMILES string of the molecule is CN=C(NCCc1ccc2c(c1)OCCO2)N(C)Cc1ccccc1. The second kappa shape index (κ2) is 8.42. The van der Waals surface area contributed by atoms with Crippen molar-refractivity contribution in [1.29, 1.82) is 0 Å². The summed E-state index contributed by atoms with van der Waals surface area (Å²) in [6.07, 6.45) is 0.898. The normalized spacial score (nSPS) is 13.4. The number of benzene rings is 2. The largest absolute Gasteiger partial charge is 0.486 e. The van der Waals surface area contributed by atoms with Crippen LogP contribution in [0.3, 0.4) is 0 Å². The summed E-state index contributed by atoms with van der Waals surface area (Å²) >= 11 is 0. The van der Waals surface area contributed by atoms with Crippen LogP contribution in [0, 0.1) is 0 Å². The summed E-state index contributed by atoms with van der Waals surface area (Å²) in [5.41, 5.74) is 2.48. The third-order valence-electron chi connectivity index (χ3n) is 4.14. The lowest BCUT2D eigenvalue weighted by Crippen LogP contribution is -2.39. The lowest BCUT2D eigenvalue weighted by molar-refractivity contribution is 0.171. The van der Waals surface area contributed by atoms with E-state index in [4.69, 9.17) is 9.47 Å². The van der Waals surface area contributed by atoms with Gasteiger partial charge in [0.05, 0.1) is 0 Å². The molecule has 2 aromatic rings. The van der Waals surface area contributed by atoms with Gasteiger partial charge in [-0.05, 0) is 29.7 Å². The van der Waals surface area contributed by atoms with Crippen molar-refractivity contribution < 1.29 is 9.47 Å². The molecule has 0 bridgehead atoms. The Labute approximate surface area is 149 Å². The maximum atomic E-state index is 5.64. The molecule has 0 fully saturated rings. The molecule has 132 valence electrons. The highest BCUT2D eigenvalue weighted by atomic mass is 16.6. The van der Waals surface area contributed by atoms with Crippen molar-refractivity contribution in [2.24, 2.45) is 4.99 Å². The lowest BCUT2D eigenvalue weighted by Gasteiger charge is -2.22. The number of nitrogens with one attached hydrogen (secondary N) is 1. The van der Waals surface area contributed by atoms with Crippen molar-refractivity contribution in [3.63, 3.8) is 0 Å². The Morgan fingerprint density at radius 1 is 1.04 bits per heavy atom. The summed E-state index contributed by atoms with van der Waals surface area (Å²) in [5, 5.41) is 3.42. The van der Waals surface area contributed by atoms with Gasteiger partial charge in [0.2, 0.25) is 0 Å². The van der Waals surface area contributed by atoms with Crippen LogP contribution in [0.25, 0.3) is 0 Å². The van der Waals surface area contributed by atoms with Crippen LogP contribution in [-0.2, 0) is 13.0 Å². The second-order valence-electron chi connectivity index (χ2n) is 6.04. The molecule has 25 heavy (non-hydrogen) atoms. The fourth-order valence-corrected chi connectivity index (χ4v) is 2.88. The van der Waals surface area contributed by atoms with Crippen LogP contribution >= 0.6 is 0 Å². The van der Waals surface area contributed by atoms with Gasteiger partial charge in [-0.2, -0.15) is 0 Å². The van der Waals surface area contributed by atoms with Gasteiger partial charge in [-0.1, -0.05) is 36.4 Å². The van der Waals surface area contributed by atoms with Crippen molar-refractivity contribution in [2.45, 2.75) is 13.0 Å². The maximum absolute atomic E-state index is 5.64. The maximum Gasteiger partial charge on any atom is 0.193 e. The zero-order valence-electron chi connectivity index (χ0n) is 14.9. The molecule has 0 aromatic heterocycles. The molecule has 0 unspecified atom stereocenters. The fourth-order valence-electron chi connectivity index (χ4n) is 2.88. The Balaban J connectivity index is 1.51. The monoisotopic (exact) mass is 339 g/mol. The van der Waals surface area contributed by atoms with Crippen LogP contribution in [0.1, 0.15) is 11.1 Å². The van der Waals surface area contributed by atoms with E-state index in [1.165, 1.54) is 11.1 Å². The summed E-state index contributed by atoms with van der Waals surface area (Å²) in [4.78, 5) is 6.50. The highest BCUT2D eigenvalue weighted by Gasteiger charge is 2.12. The van der Waals surface area contributed by atoms with Crippen molar-refractivity contribution in [3.8, 4) is 11.5 Å². The van der Waals surface area contributed by atoms with Crippen molar-refractivity contribution in [2.75, 3.05) is 33.9 Å². The van der Waals surface area contributed by atoms with Gasteiger partial charge < -0.3 is 19.7 Å².